The van der Waals surface area contributed by atoms with Gasteiger partial charge in [-0.1, -0.05) is 12.1 Å². The number of anilines is 2. The van der Waals surface area contributed by atoms with Gasteiger partial charge in [0.05, 0.1) is 12.8 Å². The van der Waals surface area contributed by atoms with Crippen LogP contribution in [0.2, 0.25) is 0 Å². The average molecular weight is 546 g/mol. The van der Waals surface area contributed by atoms with E-state index in [-0.39, 0.29) is 0 Å². The second-order valence-corrected chi connectivity index (χ2v) is 11.3. The Labute approximate surface area is 236 Å². The summed E-state index contributed by atoms with van der Waals surface area (Å²) in [6, 6.07) is 19.0. The van der Waals surface area contributed by atoms with Gasteiger partial charge >= 0.3 is 12.2 Å². The first kappa shape index (κ1) is 30.2. The summed E-state index contributed by atoms with van der Waals surface area (Å²) in [6.45, 7) is 12.9. The number of benzene rings is 3. The lowest BCUT2D eigenvalue weighted by atomic mass is 9.90. The number of rotatable bonds is 6. The molecule has 0 saturated heterocycles. The summed E-state index contributed by atoms with van der Waals surface area (Å²) in [5.74, 6) is 0.740. The number of methoxy groups -OCH3 is 1. The standard InChI is InChI=1S/C32H39N3O5/c1-20-18-22(34-29(36)39-31(2,3)4)12-16-25(20)26-17-13-23(35-30(37)40-32(5,6)7)19-27(26)28(33-8)21-10-14-24(38-9)15-11-21/h10-19H,1-9H3,(H,34,36)(H,35,37). The quantitative estimate of drug-likeness (QED) is 0.308. The molecule has 8 nitrogen and oxygen atoms in total. The summed E-state index contributed by atoms with van der Waals surface area (Å²) in [6.07, 6.45) is -1.06. The van der Waals surface area contributed by atoms with E-state index in [0.29, 0.717) is 11.4 Å². The Hall–Kier alpha value is -4.33. The van der Waals surface area contributed by atoms with Gasteiger partial charge in [0.15, 0.2) is 0 Å². The minimum absolute atomic E-state index is 0.516. The Bertz CT molecular complexity index is 1400. The molecule has 0 atom stereocenters. The number of hydrogen-bond donors (Lipinski definition) is 2. The van der Waals surface area contributed by atoms with Gasteiger partial charge in [0.2, 0.25) is 0 Å². The van der Waals surface area contributed by atoms with Crippen molar-refractivity contribution in [1.29, 1.82) is 0 Å². The number of nitrogens with zero attached hydrogens (tertiary/aromatic N) is 1. The van der Waals surface area contributed by atoms with Crippen LogP contribution in [0.5, 0.6) is 5.75 Å². The van der Waals surface area contributed by atoms with Crippen molar-refractivity contribution < 1.29 is 23.8 Å². The van der Waals surface area contributed by atoms with E-state index in [1.54, 1.807) is 14.2 Å². The van der Waals surface area contributed by atoms with Crippen LogP contribution in [-0.4, -0.2) is 43.3 Å². The van der Waals surface area contributed by atoms with Crippen LogP contribution in [0.3, 0.4) is 0 Å². The van der Waals surface area contributed by atoms with Gasteiger partial charge in [-0.25, -0.2) is 9.59 Å². The van der Waals surface area contributed by atoms with E-state index in [9.17, 15) is 9.59 Å². The first-order valence-corrected chi connectivity index (χ1v) is 13.1. The predicted octanol–water partition coefficient (Wildman–Crippen LogP) is 7.83. The minimum atomic E-state index is -0.627. The molecular formula is C32H39N3O5. The van der Waals surface area contributed by atoms with Gasteiger partial charge in [0, 0.05) is 29.5 Å². The fourth-order valence-corrected chi connectivity index (χ4v) is 4.09. The molecule has 8 heteroatoms. The molecule has 212 valence electrons. The van der Waals surface area contributed by atoms with Crippen LogP contribution < -0.4 is 15.4 Å². The second-order valence-electron chi connectivity index (χ2n) is 11.3. The number of amides is 2. The molecule has 3 aromatic carbocycles. The summed E-state index contributed by atoms with van der Waals surface area (Å²) in [5, 5.41) is 5.63. The third-order valence-corrected chi connectivity index (χ3v) is 5.67. The molecular weight excluding hydrogens is 506 g/mol. The van der Waals surface area contributed by atoms with E-state index in [1.165, 1.54) is 0 Å². The van der Waals surface area contributed by atoms with Gasteiger partial charge < -0.3 is 14.2 Å². The molecule has 2 N–H and O–H groups in total. The Morgan fingerprint density at radius 2 is 1.23 bits per heavy atom. The van der Waals surface area contributed by atoms with Crippen LogP contribution in [0.4, 0.5) is 21.0 Å². The maximum atomic E-state index is 12.5. The number of hydrogen-bond acceptors (Lipinski definition) is 6. The van der Waals surface area contributed by atoms with Crippen molar-refractivity contribution >= 4 is 29.3 Å². The van der Waals surface area contributed by atoms with Crippen LogP contribution in [0, 0.1) is 6.92 Å². The highest BCUT2D eigenvalue weighted by molar-refractivity contribution is 6.17. The number of carbonyl (C=O) groups excluding carboxylic acids is 2. The maximum Gasteiger partial charge on any atom is 0.412 e. The Morgan fingerprint density at radius 1 is 0.725 bits per heavy atom. The molecule has 0 spiro atoms. The molecule has 0 bridgehead atoms. The number of aliphatic imine (C=N–C) groups is 1. The molecule has 0 radical (unpaired) electrons. The van der Waals surface area contributed by atoms with Crippen molar-refractivity contribution in [1.82, 2.24) is 0 Å². The summed E-state index contributed by atoms with van der Waals surface area (Å²) in [5.41, 5.74) is 5.21. The molecule has 0 fully saturated rings. The lowest BCUT2D eigenvalue weighted by Gasteiger charge is -2.21. The zero-order valence-electron chi connectivity index (χ0n) is 24.8. The molecule has 0 aromatic heterocycles. The lowest BCUT2D eigenvalue weighted by molar-refractivity contribution is 0.0624. The third-order valence-electron chi connectivity index (χ3n) is 5.67. The smallest absolute Gasteiger partial charge is 0.412 e. The highest BCUT2D eigenvalue weighted by Gasteiger charge is 2.20. The Balaban J connectivity index is 2.06. The number of nitrogens with one attached hydrogen (secondary N) is 2. The summed E-state index contributed by atoms with van der Waals surface area (Å²) < 4.78 is 16.2. The van der Waals surface area contributed by atoms with Crippen molar-refractivity contribution in [3.63, 3.8) is 0 Å². The van der Waals surface area contributed by atoms with Crippen molar-refractivity contribution in [2.24, 2.45) is 4.99 Å². The molecule has 40 heavy (non-hydrogen) atoms. The van der Waals surface area contributed by atoms with Gasteiger partial charge in [-0.2, -0.15) is 0 Å². The molecule has 3 rings (SSSR count). The topological polar surface area (TPSA) is 98.3 Å². The fourth-order valence-electron chi connectivity index (χ4n) is 4.09. The Kier molecular flexibility index (Phi) is 9.24. The molecule has 0 aliphatic rings. The molecule has 0 unspecified atom stereocenters. The van der Waals surface area contributed by atoms with E-state index < -0.39 is 23.4 Å². The van der Waals surface area contributed by atoms with Crippen LogP contribution in [0.1, 0.15) is 58.2 Å². The lowest BCUT2D eigenvalue weighted by Crippen LogP contribution is -2.27. The summed E-state index contributed by atoms with van der Waals surface area (Å²) in [7, 11) is 3.36. The second kappa shape index (κ2) is 12.2. The maximum absolute atomic E-state index is 12.5. The van der Waals surface area contributed by atoms with Gasteiger partial charge in [0.1, 0.15) is 17.0 Å². The highest BCUT2D eigenvalue weighted by Crippen LogP contribution is 2.33. The van der Waals surface area contributed by atoms with Crippen molar-refractivity contribution in [2.45, 2.75) is 59.7 Å². The predicted molar refractivity (Wildman–Crippen MR) is 161 cm³/mol. The monoisotopic (exact) mass is 545 g/mol. The molecule has 0 saturated carbocycles. The summed E-state index contributed by atoms with van der Waals surface area (Å²) in [4.78, 5) is 29.4. The van der Waals surface area contributed by atoms with Gasteiger partial charge in [-0.15, -0.1) is 0 Å². The molecule has 0 heterocycles. The van der Waals surface area contributed by atoms with Gasteiger partial charge in [0.25, 0.3) is 0 Å². The third kappa shape index (κ3) is 8.33. The van der Waals surface area contributed by atoms with E-state index in [0.717, 1.165) is 39.3 Å². The SMILES string of the molecule is CN=C(c1ccc(OC)cc1)c1cc(NC(=O)OC(C)(C)C)ccc1-c1ccc(NC(=O)OC(C)(C)C)cc1C. The first-order chi connectivity index (χ1) is 18.7. The normalized spacial score (nSPS) is 12.0. The van der Waals surface area contributed by atoms with Gasteiger partial charge in [-0.3, -0.25) is 15.6 Å². The molecule has 3 aromatic rings. The molecule has 0 aliphatic heterocycles. The van der Waals surface area contributed by atoms with Crippen molar-refractivity contribution in [2.75, 3.05) is 24.8 Å². The van der Waals surface area contributed by atoms with E-state index in [2.05, 4.69) is 15.6 Å². The highest BCUT2D eigenvalue weighted by atomic mass is 16.6. The fraction of sp³-hybridized carbons (Fsp3) is 0.344. The van der Waals surface area contributed by atoms with Gasteiger partial charge in [-0.05, 0) is 114 Å². The minimum Gasteiger partial charge on any atom is -0.497 e. The van der Waals surface area contributed by atoms with E-state index >= 15 is 0 Å². The van der Waals surface area contributed by atoms with Crippen LogP contribution in [0.25, 0.3) is 11.1 Å². The van der Waals surface area contributed by atoms with Crippen LogP contribution in [0.15, 0.2) is 65.7 Å². The average Bonchev–Trinajstić information content (AvgIpc) is 2.83. The van der Waals surface area contributed by atoms with Crippen LogP contribution in [-0.2, 0) is 9.47 Å². The van der Waals surface area contributed by atoms with Crippen molar-refractivity contribution in [3.8, 4) is 16.9 Å². The van der Waals surface area contributed by atoms with Crippen LogP contribution >= 0.6 is 0 Å². The van der Waals surface area contributed by atoms with E-state index in [1.807, 2.05) is 109 Å². The molecule has 2 amide bonds. The van der Waals surface area contributed by atoms with Crippen molar-refractivity contribution in [3.05, 3.63) is 77.4 Å². The Morgan fingerprint density at radius 3 is 1.68 bits per heavy atom. The largest absolute Gasteiger partial charge is 0.497 e. The molecule has 0 aliphatic carbocycles. The number of carbonyl (C=O) groups is 2. The number of ether oxygens (including phenoxy) is 3. The summed E-state index contributed by atoms with van der Waals surface area (Å²) >= 11 is 0. The first-order valence-electron chi connectivity index (χ1n) is 13.1. The number of aryl methyl sites for hydroxylation is 1. The zero-order valence-corrected chi connectivity index (χ0v) is 24.8. The zero-order chi connectivity index (χ0) is 29.7. The van der Waals surface area contributed by atoms with E-state index in [4.69, 9.17) is 14.2 Å².